The molecular weight excluding hydrogens is 204 g/mol. The molecule has 11 heavy (non-hydrogen) atoms. The third-order valence-corrected chi connectivity index (χ3v) is 2.20. The van der Waals surface area contributed by atoms with E-state index in [9.17, 15) is 0 Å². The summed E-state index contributed by atoms with van der Waals surface area (Å²) < 4.78 is 0.981. The van der Waals surface area contributed by atoms with E-state index in [1.807, 2.05) is 12.1 Å². The number of fused-ring (bicyclic) bond motifs is 1. The third-order valence-electron chi connectivity index (χ3n) is 1.76. The molecule has 0 amide bonds. The van der Waals surface area contributed by atoms with Crippen LogP contribution in [0, 0.1) is 0 Å². The molecule has 2 rings (SSSR count). The minimum Gasteiger partial charge on any atom is -0.398 e. The van der Waals surface area contributed by atoms with Gasteiger partial charge in [-0.15, -0.1) is 0 Å². The molecule has 56 valence electrons. The van der Waals surface area contributed by atoms with E-state index >= 15 is 0 Å². The van der Waals surface area contributed by atoms with Gasteiger partial charge in [0.15, 0.2) is 0 Å². The van der Waals surface area contributed by atoms with Crippen molar-refractivity contribution < 1.29 is 0 Å². The van der Waals surface area contributed by atoms with Crippen molar-refractivity contribution in [1.29, 1.82) is 0 Å². The van der Waals surface area contributed by atoms with Crippen LogP contribution in [-0.4, -0.2) is 4.98 Å². The average Bonchev–Trinajstić information content (AvgIpc) is 2.33. The summed E-state index contributed by atoms with van der Waals surface area (Å²) >= 11 is 3.35. The molecule has 0 spiro atoms. The number of hydrogen-bond acceptors (Lipinski definition) is 2. The highest BCUT2D eigenvalue weighted by atomic mass is 79.9. The lowest BCUT2D eigenvalue weighted by Crippen LogP contribution is -1.95. The molecule has 3 heteroatoms. The zero-order chi connectivity index (χ0) is 7.84. The minimum atomic E-state index is 0.841. The fourth-order valence-electron chi connectivity index (χ4n) is 1.20. The van der Waals surface area contributed by atoms with Gasteiger partial charge in [-0.2, -0.15) is 0 Å². The number of nitrogens with two attached hydrogens (primary N) is 1. The molecule has 0 fully saturated rings. The lowest BCUT2D eigenvalue weighted by atomic mass is 10.2. The van der Waals surface area contributed by atoms with Crippen LogP contribution in [-0.2, 0) is 6.42 Å². The first-order chi connectivity index (χ1) is 5.27. The number of halogens is 1. The number of aromatic nitrogens is 1. The van der Waals surface area contributed by atoms with Gasteiger partial charge in [-0.25, -0.2) is 0 Å². The molecule has 1 aromatic heterocycles. The van der Waals surface area contributed by atoms with Gasteiger partial charge in [0, 0.05) is 28.4 Å². The Morgan fingerprint density at radius 1 is 1.55 bits per heavy atom. The van der Waals surface area contributed by atoms with Gasteiger partial charge in [-0.05, 0) is 22.0 Å². The number of allylic oxidation sites excluding steroid dienone is 1. The van der Waals surface area contributed by atoms with Crippen molar-refractivity contribution in [2.24, 2.45) is 5.73 Å². The molecular formula is C8H7BrN2. The van der Waals surface area contributed by atoms with E-state index in [0.29, 0.717) is 0 Å². The van der Waals surface area contributed by atoms with Crippen molar-refractivity contribution in [3.8, 4) is 0 Å². The second-order valence-corrected chi connectivity index (χ2v) is 3.43. The summed E-state index contributed by atoms with van der Waals surface area (Å²) in [6, 6.07) is 2.00. The highest BCUT2D eigenvalue weighted by molar-refractivity contribution is 9.10. The van der Waals surface area contributed by atoms with Crippen LogP contribution in [0.25, 0.3) is 5.70 Å². The minimum absolute atomic E-state index is 0.841. The summed E-state index contributed by atoms with van der Waals surface area (Å²) in [5.41, 5.74) is 8.70. The van der Waals surface area contributed by atoms with Crippen molar-refractivity contribution in [1.82, 2.24) is 4.98 Å². The van der Waals surface area contributed by atoms with Gasteiger partial charge in [-0.3, -0.25) is 4.98 Å². The number of rotatable bonds is 0. The lowest BCUT2D eigenvalue weighted by molar-refractivity contribution is 1.12. The predicted octanol–water partition coefficient (Wildman–Crippen LogP) is 1.70. The molecule has 0 saturated carbocycles. The van der Waals surface area contributed by atoms with Crippen LogP contribution in [0.2, 0.25) is 0 Å². The maximum absolute atomic E-state index is 5.72. The van der Waals surface area contributed by atoms with Crippen LogP contribution in [0.15, 0.2) is 22.8 Å². The van der Waals surface area contributed by atoms with E-state index < -0.39 is 0 Å². The van der Waals surface area contributed by atoms with E-state index in [1.165, 1.54) is 0 Å². The van der Waals surface area contributed by atoms with Gasteiger partial charge in [0.2, 0.25) is 0 Å². The Balaban J connectivity index is 2.60. The van der Waals surface area contributed by atoms with Crippen LogP contribution < -0.4 is 5.73 Å². The molecule has 0 aliphatic heterocycles. The first-order valence-electron chi connectivity index (χ1n) is 3.38. The second-order valence-electron chi connectivity index (χ2n) is 2.51. The van der Waals surface area contributed by atoms with Gasteiger partial charge < -0.3 is 5.73 Å². The molecule has 1 aromatic rings. The topological polar surface area (TPSA) is 38.9 Å². The Morgan fingerprint density at radius 2 is 2.36 bits per heavy atom. The average molecular weight is 211 g/mol. The summed E-state index contributed by atoms with van der Waals surface area (Å²) in [5, 5.41) is 0. The highest BCUT2D eigenvalue weighted by Crippen LogP contribution is 2.24. The van der Waals surface area contributed by atoms with E-state index in [1.54, 1.807) is 6.20 Å². The van der Waals surface area contributed by atoms with E-state index in [2.05, 4.69) is 20.9 Å². The summed E-state index contributed by atoms with van der Waals surface area (Å²) in [6.45, 7) is 0. The summed E-state index contributed by atoms with van der Waals surface area (Å²) in [4.78, 5) is 4.23. The smallest absolute Gasteiger partial charge is 0.0535 e. The Hall–Kier alpha value is -0.830. The Bertz CT molecular complexity index is 331. The molecule has 0 aromatic carbocycles. The largest absolute Gasteiger partial charge is 0.398 e. The first-order valence-corrected chi connectivity index (χ1v) is 4.17. The van der Waals surface area contributed by atoms with Gasteiger partial charge >= 0.3 is 0 Å². The molecule has 0 radical (unpaired) electrons. The monoisotopic (exact) mass is 210 g/mol. The predicted molar refractivity (Wildman–Crippen MR) is 47.8 cm³/mol. The van der Waals surface area contributed by atoms with E-state index in [-0.39, 0.29) is 0 Å². The molecule has 0 saturated heterocycles. The maximum Gasteiger partial charge on any atom is 0.0535 e. The van der Waals surface area contributed by atoms with Crippen molar-refractivity contribution in [2.75, 3.05) is 0 Å². The SMILES string of the molecule is NC1=CCc2ncc(Br)cc21. The molecule has 2 N–H and O–H groups in total. The van der Waals surface area contributed by atoms with E-state index in [0.717, 1.165) is 27.8 Å². The standard InChI is InChI=1S/C8H7BrN2/c9-5-3-6-7(10)1-2-8(6)11-4-5/h1,3-4H,2,10H2. The van der Waals surface area contributed by atoms with Crippen molar-refractivity contribution in [3.63, 3.8) is 0 Å². The third kappa shape index (κ3) is 1.05. The summed E-state index contributed by atoms with van der Waals surface area (Å²) in [6.07, 6.45) is 4.66. The normalized spacial score (nSPS) is 14.5. The number of pyridine rings is 1. The van der Waals surface area contributed by atoms with Gasteiger partial charge in [0.1, 0.15) is 0 Å². The highest BCUT2D eigenvalue weighted by Gasteiger charge is 2.11. The Kier molecular flexibility index (Phi) is 1.46. The summed E-state index contributed by atoms with van der Waals surface area (Å²) in [7, 11) is 0. The maximum atomic E-state index is 5.72. The van der Waals surface area contributed by atoms with Gasteiger partial charge in [0.05, 0.1) is 5.69 Å². The van der Waals surface area contributed by atoms with Crippen LogP contribution in [0.4, 0.5) is 0 Å². The number of nitrogens with zero attached hydrogens (tertiary/aromatic N) is 1. The van der Waals surface area contributed by atoms with Crippen molar-refractivity contribution in [3.05, 3.63) is 34.1 Å². The first kappa shape index (κ1) is 6.85. The zero-order valence-electron chi connectivity index (χ0n) is 5.84. The molecule has 0 bridgehead atoms. The quantitative estimate of drug-likeness (QED) is 0.709. The Morgan fingerprint density at radius 3 is 3.18 bits per heavy atom. The Labute approximate surface area is 73.3 Å². The zero-order valence-corrected chi connectivity index (χ0v) is 7.43. The fourth-order valence-corrected chi connectivity index (χ4v) is 1.53. The fraction of sp³-hybridized carbons (Fsp3) is 0.125. The van der Waals surface area contributed by atoms with Gasteiger partial charge in [0.25, 0.3) is 0 Å². The molecule has 1 aliphatic carbocycles. The molecule has 1 heterocycles. The summed E-state index contributed by atoms with van der Waals surface area (Å²) in [5.74, 6) is 0. The number of hydrogen-bond donors (Lipinski definition) is 1. The molecule has 0 unspecified atom stereocenters. The van der Waals surface area contributed by atoms with Crippen LogP contribution in [0.3, 0.4) is 0 Å². The lowest BCUT2D eigenvalue weighted by Gasteiger charge is -1.99. The second kappa shape index (κ2) is 2.34. The van der Waals surface area contributed by atoms with E-state index in [4.69, 9.17) is 5.73 Å². The van der Waals surface area contributed by atoms with Crippen LogP contribution in [0.5, 0.6) is 0 Å². The van der Waals surface area contributed by atoms with Crippen molar-refractivity contribution in [2.45, 2.75) is 6.42 Å². The van der Waals surface area contributed by atoms with Gasteiger partial charge in [-0.1, -0.05) is 6.08 Å². The van der Waals surface area contributed by atoms with Crippen LogP contribution >= 0.6 is 15.9 Å². The van der Waals surface area contributed by atoms with Crippen LogP contribution in [0.1, 0.15) is 11.3 Å². The molecule has 0 atom stereocenters. The van der Waals surface area contributed by atoms with Crippen molar-refractivity contribution >= 4 is 21.6 Å². The molecule has 2 nitrogen and oxygen atoms in total. The molecule has 1 aliphatic rings.